The van der Waals surface area contributed by atoms with Crippen molar-refractivity contribution in [1.29, 1.82) is 0 Å². The van der Waals surface area contributed by atoms with Gasteiger partial charge in [0.25, 0.3) is 5.91 Å². The maximum atomic E-state index is 12.8. The molecule has 0 aromatic heterocycles. The number of carbonyl (C=O) groups excluding carboxylic acids is 2. The highest BCUT2D eigenvalue weighted by Crippen LogP contribution is 2.18. The second-order valence-electron chi connectivity index (χ2n) is 8.31. The SMILES string of the molecule is Cc1cccc(N2CCN(C(=O)CN3CCN(C(=O)C4CCCO4)CC3)CC2)c1. The van der Waals surface area contributed by atoms with Crippen LogP contribution in [0, 0.1) is 6.92 Å². The summed E-state index contributed by atoms with van der Waals surface area (Å²) in [5.41, 5.74) is 2.50. The fourth-order valence-electron chi connectivity index (χ4n) is 4.43. The summed E-state index contributed by atoms with van der Waals surface area (Å²) in [6, 6.07) is 8.54. The van der Waals surface area contributed by atoms with Crippen molar-refractivity contribution in [3.05, 3.63) is 29.8 Å². The van der Waals surface area contributed by atoms with E-state index < -0.39 is 0 Å². The lowest BCUT2D eigenvalue weighted by Gasteiger charge is -2.39. The van der Waals surface area contributed by atoms with Gasteiger partial charge in [-0.3, -0.25) is 14.5 Å². The van der Waals surface area contributed by atoms with Crippen LogP contribution in [0.3, 0.4) is 0 Å². The van der Waals surface area contributed by atoms with Gasteiger partial charge in [0.15, 0.2) is 0 Å². The van der Waals surface area contributed by atoms with E-state index in [1.54, 1.807) is 0 Å². The molecule has 0 saturated carbocycles. The number of anilines is 1. The van der Waals surface area contributed by atoms with Crippen LogP contribution in [0.4, 0.5) is 5.69 Å². The molecule has 3 heterocycles. The third-order valence-corrected chi connectivity index (χ3v) is 6.25. The standard InChI is InChI=1S/C22H32N4O3/c1-18-4-2-5-19(16-18)24-11-13-25(14-12-24)21(27)17-23-7-9-26(10-8-23)22(28)20-6-3-15-29-20/h2,4-5,16,20H,3,6-15,17H2,1H3. The Labute approximate surface area is 173 Å². The maximum absolute atomic E-state index is 12.8. The Bertz CT molecular complexity index is 719. The van der Waals surface area contributed by atoms with Gasteiger partial charge in [-0.1, -0.05) is 12.1 Å². The van der Waals surface area contributed by atoms with Crippen molar-refractivity contribution in [1.82, 2.24) is 14.7 Å². The number of hydrogen-bond acceptors (Lipinski definition) is 5. The molecule has 1 unspecified atom stereocenters. The quantitative estimate of drug-likeness (QED) is 0.754. The number of nitrogens with zero attached hydrogens (tertiary/aromatic N) is 4. The monoisotopic (exact) mass is 400 g/mol. The lowest BCUT2D eigenvalue weighted by atomic mass is 10.2. The molecule has 0 aliphatic carbocycles. The number of aryl methyl sites for hydroxylation is 1. The number of ether oxygens (including phenoxy) is 1. The summed E-state index contributed by atoms with van der Waals surface area (Å²) in [4.78, 5) is 33.6. The Kier molecular flexibility index (Phi) is 6.35. The van der Waals surface area contributed by atoms with E-state index in [1.165, 1.54) is 11.3 Å². The van der Waals surface area contributed by atoms with Crippen molar-refractivity contribution >= 4 is 17.5 Å². The molecule has 158 valence electrons. The highest BCUT2D eigenvalue weighted by molar-refractivity contribution is 5.81. The average molecular weight is 401 g/mol. The molecule has 3 saturated heterocycles. The molecule has 1 aromatic rings. The van der Waals surface area contributed by atoms with Gasteiger partial charge in [0.1, 0.15) is 6.10 Å². The zero-order chi connectivity index (χ0) is 20.2. The summed E-state index contributed by atoms with van der Waals surface area (Å²) in [7, 11) is 0. The van der Waals surface area contributed by atoms with Crippen molar-refractivity contribution in [3.8, 4) is 0 Å². The third kappa shape index (κ3) is 4.90. The van der Waals surface area contributed by atoms with Crippen LogP contribution in [0.1, 0.15) is 18.4 Å². The number of rotatable bonds is 4. The fraction of sp³-hybridized carbons (Fsp3) is 0.636. The Hall–Kier alpha value is -2.12. The van der Waals surface area contributed by atoms with E-state index in [0.717, 1.165) is 52.1 Å². The van der Waals surface area contributed by atoms with E-state index in [2.05, 4.69) is 41.0 Å². The van der Waals surface area contributed by atoms with E-state index in [0.29, 0.717) is 26.2 Å². The van der Waals surface area contributed by atoms with Crippen molar-refractivity contribution in [3.63, 3.8) is 0 Å². The fourth-order valence-corrected chi connectivity index (χ4v) is 4.43. The number of hydrogen-bond donors (Lipinski definition) is 0. The van der Waals surface area contributed by atoms with Crippen LogP contribution in [0.2, 0.25) is 0 Å². The molecule has 0 N–H and O–H groups in total. The molecule has 7 heteroatoms. The van der Waals surface area contributed by atoms with Crippen LogP contribution in [0.5, 0.6) is 0 Å². The lowest BCUT2D eigenvalue weighted by molar-refractivity contribution is -0.143. The normalized spacial score (nSPS) is 23.5. The van der Waals surface area contributed by atoms with Crippen molar-refractivity contribution in [2.24, 2.45) is 0 Å². The molecule has 0 spiro atoms. The molecule has 4 rings (SSSR count). The number of piperazine rings is 2. The Morgan fingerprint density at radius 3 is 2.38 bits per heavy atom. The van der Waals surface area contributed by atoms with E-state index in [1.807, 2.05) is 9.80 Å². The van der Waals surface area contributed by atoms with Gasteiger partial charge in [-0.15, -0.1) is 0 Å². The molecule has 3 aliphatic rings. The zero-order valence-electron chi connectivity index (χ0n) is 17.4. The summed E-state index contributed by atoms with van der Waals surface area (Å²) in [5.74, 6) is 0.327. The molecule has 0 radical (unpaired) electrons. The Balaban J connectivity index is 1.20. The molecule has 3 fully saturated rings. The first-order valence-electron chi connectivity index (χ1n) is 10.8. The number of benzene rings is 1. The van der Waals surface area contributed by atoms with Crippen LogP contribution >= 0.6 is 0 Å². The van der Waals surface area contributed by atoms with Crippen molar-refractivity contribution < 1.29 is 14.3 Å². The number of carbonyl (C=O) groups is 2. The highest BCUT2D eigenvalue weighted by Gasteiger charge is 2.31. The minimum atomic E-state index is -0.243. The minimum absolute atomic E-state index is 0.126. The van der Waals surface area contributed by atoms with E-state index in [9.17, 15) is 9.59 Å². The molecule has 1 aromatic carbocycles. The minimum Gasteiger partial charge on any atom is -0.368 e. The van der Waals surface area contributed by atoms with Crippen LogP contribution in [0.25, 0.3) is 0 Å². The molecular formula is C22H32N4O3. The van der Waals surface area contributed by atoms with Gasteiger partial charge >= 0.3 is 0 Å². The van der Waals surface area contributed by atoms with Gasteiger partial charge < -0.3 is 19.4 Å². The van der Waals surface area contributed by atoms with Crippen molar-refractivity contribution in [2.45, 2.75) is 25.9 Å². The summed E-state index contributed by atoms with van der Waals surface area (Å²) in [6.45, 7) is 9.43. The summed E-state index contributed by atoms with van der Waals surface area (Å²) >= 11 is 0. The summed E-state index contributed by atoms with van der Waals surface area (Å²) in [5, 5.41) is 0. The maximum Gasteiger partial charge on any atom is 0.251 e. The molecule has 2 amide bonds. The van der Waals surface area contributed by atoms with Crippen LogP contribution in [-0.4, -0.2) is 98.1 Å². The average Bonchev–Trinajstić information content (AvgIpc) is 3.29. The molecule has 1 atom stereocenters. The highest BCUT2D eigenvalue weighted by atomic mass is 16.5. The van der Waals surface area contributed by atoms with Gasteiger partial charge in [-0.2, -0.15) is 0 Å². The first-order chi connectivity index (χ1) is 14.1. The van der Waals surface area contributed by atoms with E-state index >= 15 is 0 Å². The second-order valence-corrected chi connectivity index (χ2v) is 8.31. The molecule has 0 bridgehead atoms. The third-order valence-electron chi connectivity index (χ3n) is 6.25. The lowest BCUT2D eigenvalue weighted by Crippen LogP contribution is -2.55. The van der Waals surface area contributed by atoms with Gasteiger partial charge in [0, 0.05) is 64.7 Å². The van der Waals surface area contributed by atoms with Gasteiger partial charge in [0.05, 0.1) is 6.54 Å². The molecule has 3 aliphatic heterocycles. The molecule has 29 heavy (non-hydrogen) atoms. The van der Waals surface area contributed by atoms with Gasteiger partial charge in [-0.05, 0) is 37.5 Å². The van der Waals surface area contributed by atoms with Crippen molar-refractivity contribution in [2.75, 3.05) is 70.4 Å². The Morgan fingerprint density at radius 1 is 1.00 bits per heavy atom. The predicted octanol–water partition coefficient (Wildman–Crippen LogP) is 0.967. The molecular weight excluding hydrogens is 368 g/mol. The first kappa shape index (κ1) is 20.2. The predicted molar refractivity (Wildman–Crippen MR) is 112 cm³/mol. The van der Waals surface area contributed by atoms with E-state index in [4.69, 9.17) is 4.74 Å². The topological polar surface area (TPSA) is 56.3 Å². The second kappa shape index (κ2) is 9.13. The Morgan fingerprint density at radius 2 is 1.72 bits per heavy atom. The molecule has 7 nitrogen and oxygen atoms in total. The smallest absolute Gasteiger partial charge is 0.251 e. The largest absolute Gasteiger partial charge is 0.368 e. The van der Waals surface area contributed by atoms with Gasteiger partial charge in [0.2, 0.25) is 5.91 Å². The van der Waals surface area contributed by atoms with Gasteiger partial charge in [-0.25, -0.2) is 0 Å². The summed E-state index contributed by atoms with van der Waals surface area (Å²) in [6.07, 6.45) is 1.57. The number of amides is 2. The van der Waals surface area contributed by atoms with Crippen LogP contribution in [-0.2, 0) is 14.3 Å². The van der Waals surface area contributed by atoms with Crippen LogP contribution in [0.15, 0.2) is 24.3 Å². The summed E-state index contributed by atoms with van der Waals surface area (Å²) < 4.78 is 5.52. The zero-order valence-corrected chi connectivity index (χ0v) is 17.4. The first-order valence-corrected chi connectivity index (χ1v) is 10.8. The van der Waals surface area contributed by atoms with Crippen LogP contribution < -0.4 is 4.90 Å². The van der Waals surface area contributed by atoms with E-state index in [-0.39, 0.29) is 17.9 Å².